The molecule has 1 heterocycles. The molecule has 2 N–H and O–H groups in total. The molecule has 1 aromatic rings. The van der Waals surface area contributed by atoms with Gasteiger partial charge in [-0.1, -0.05) is 23.2 Å². The quantitative estimate of drug-likeness (QED) is 0.888. The lowest BCUT2D eigenvalue weighted by Gasteiger charge is -2.21. The predicted octanol–water partition coefficient (Wildman–Crippen LogP) is 2.92. The van der Waals surface area contributed by atoms with Gasteiger partial charge < -0.3 is 10.6 Å². The molecule has 0 aliphatic carbocycles. The van der Waals surface area contributed by atoms with Crippen LogP contribution in [-0.4, -0.2) is 19.6 Å². The molecule has 16 heavy (non-hydrogen) atoms. The molecular formula is C11H13Cl2FN2. The van der Waals surface area contributed by atoms with Crippen LogP contribution in [-0.2, 0) is 0 Å². The molecule has 0 bridgehead atoms. The molecule has 1 aliphatic rings. The van der Waals surface area contributed by atoms with E-state index in [4.69, 9.17) is 28.9 Å². The summed E-state index contributed by atoms with van der Waals surface area (Å²) >= 11 is 12.0. The third kappa shape index (κ3) is 2.26. The Balaban J connectivity index is 2.28. The zero-order valence-corrected chi connectivity index (χ0v) is 10.2. The van der Waals surface area contributed by atoms with Crippen LogP contribution in [0.2, 0.25) is 10.0 Å². The standard InChI is InChI=1S/C11H13Cl2FN2/c12-9-3-8(14)4-10(13)11(9)16-2-1-7(5-15)6-16/h3-4,7H,1-2,5-6,15H2. The summed E-state index contributed by atoms with van der Waals surface area (Å²) in [7, 11) is 0. The van der Waals surface area contributed by atoms with E-state index >= 15 is 0 Å². The van der Waals surface area contributed by atoms with E-state index in [0.717, 1.165) is 25.2 Å². The Bertz CT molecular complexity index is 375. The van der Waals surface area contributed by atoms with Crippen molar-refractivity contribution in [2.24, 2.45) is 11.7 Å². The normalized spacial score (nSPS) is 20.5. The van der Waals surface area contributed by atoms with Crippen molar-refractivity contribution >= 4 is 28.9 Å². The second-order valence-electron chi connectivity index (χ2n) is 4.05. The van der Waals surface area contributed by atoms with Crippen molar-refractivity contribution in [3.8, 4) is 0 Å². The van der Waals surface area contributed by atoms with Crippen molar-refractivity contribution in [2.45, 2.75) is 6.42 Å². The van der Waals surface area contributed by atoms with Crippen LogP contribution in [0, 0.1) is 11.7 Å². The van der Waals surface area contributed by atoms with Gasteiger partial charge in [0.05, 0.1) is 15.7 Å². The molecule has 1 aliphatic heterocycles. The average molecular weight is 263 g/mol. The van der Waals surface area contributed by atoms with Gasteiger partial charge in [0, 0.05) is 13.1 Å². The fourth-order valence-electron chi connectivity index (χ4n) is 2.06. The Hall–Kier alpha value is -0.510. The number of nitrogens with two attached hydrogens (primary N) is 1. The van der Waals surface area contributed by atoms with Gasteiger partial charge in [-0.25, -0.2) is 4.39 Å². The highest BCUT2D eigenvalue weighted by Gasteiger charge is 2.25. The molecule has 1 fully saturated rings. The third-order valence-corrected chi connectivity index (χ3v) is 3.49. The zero-order chi connectivity index (χ0) is 11.7. The van der Waals surface area contributed by atoms with Crippen LogP contribution in [0.5, 0.6) is 0 Å². The molecule has 0 radical (unpaired) electrons. The van der Waals surface area contributed by atoms with Gasteiger partial charge in [-0.3, -0.25) is 0 Å². The van der Waals surface area contributed by atoms with Crippen molar-refractivity contribution in [1.29, 1.82) is 0 Å². The fourth-order valence-corrected chi connectivity index (χ4v) is 2.76. The molecule has 88 valence electrons. The highest BCUT2D eigenvalue weighted by Crippen LogP contribution is 2.37. The van der Waals surface area contributed by atoms with E-state index in [1.165, 1.54) is 12.1 Å². The maximum Gasteiger partial charge on any atom is 0.126 e. The summed E-state index contributed by atoms with van der Waals surface area (Å²) in [6.45, 7) is 2.36. The lowest BCUT2D eigenvalue weighted by molar-refractivity contribution is 0.602. The summed E-state index contributed by atoms with van der Waals surface area (Å²) in [6.07, 6.45) is 1.03. The number of rotatable bonds is 2. The first-order chi connectivity index (χ1) is 7.61. The van der Waals surface area contributed by atoms with E-state index < -0.39 is 5.82 Å². The molecule has 1 aromatic carbocycles. The Morgan fingerprint density at radius 1 is 1.38 bits per heavy atom. The summed E-state index contributed by atoms with van der Waals surface area (Å²) in [5, 5.41) is 0.727. The van der Waals surface area contributed by atoms with Gasteiger partial charge in [-0.05, 0) is 31.0 Å². The van der Waals surface area contributed by atoms with Gasteiger partial charge >= 0.3 is 0 Å². The van der Waals surface area contributed by atoms with E-state index in [0.29, 0.717) is 22.5 Å². The first kappa shape index (κ1) is 12.0. The first-order valence-electron chi connectivity index (χ1n) is 5.21. The van der Waals surface area contributed by atoms with E-state index in [-0.39, 0.29) is 0 Å². The van der Waals surface area contributed by atoms with Crippen molar-refractivity contribution < 1.29 is 4.39 Å². The minimum absolute atomic E-state index is 0.364. The van der Waals surface area contributed by atoms with E-state index in [1.54, 1.807) is 0 Å². The fraction of sp³-hybridized carbons (Fsp3) is 0.455. The second kappa shape index (κ2) is 4.78. The lowest BCUT2D eigenvalue weighted by Crippen LogP contribution is -2.23. The van der Waals surface area contributed by atoms with Gasteiger partial charge in [0.15, 0.2) is 0 Å². The van der Waals surface area contributed by atoms with E-state index in [2.05, 4.69) is 4.90 Å². The Morgan fingerprint density at radius 3 is 2.50 bits per heavy atom. The minimum atomic E-state index is -0.409. The molecule has 1 unspecified atom stereocenters. The molecular weight excluding hydrogens is 250 g/mol. The summed E-state index contributed by atoms with van der Waals surface area (Å²) in [6, 6.07) is 2.58. The predicted molar refractivity (Wildman–Crippen MR) is 65.8 cm³/mol. The number of hydrogen-bond donors (Lipinski definition) is 1. The second-order valence-corrected chi connectivity index (χ2v) is 4.87. The number of benzene rings is 1. The van der Waals surface area contributed by atoms with Gasteiger partial charge in [-0.15, -0.1) is 0 Å². The van der Waals surface area contributed by atoms with Crippen LogP contribution in [0.15, 0.2) is 12.1 Å². The first-order valence-corrected chi connectivity index (χ1v) is 5.97. The Labute approximate surface area is 104 Å². The minimum Gasteiger partial charge on any atom is -0.369 e. The van der Waals surface area contributed by atoms with Crippen molar-refractivity contribution in [3.05, 3.63) is 28.0 Å². The van der Waals surface area contributed by atoms with Crippen molar-refractivity contribution in [1.82, 2.24) is 0 Å². The summed E-state index contributed by atoms with van der Waals surface area (Å²) in [5.41, 5.74) is 6.34. The highest BCUT2D eigenvalue weighted by atomic mass is 35.5. The summed E-state index contributed by atoms with van der Waals surface area (Å²) < 4.78 is 13.0. The van der Waals surface area contributed by atoms with E-state index in [9.17, 15) is 4.39 Å². The molecule has 1 saturated heterocycles. The maximum absolute atomic E-state index is 13.0. The lowest BCUT2D eigenvalue weighted by atomic mass is 10.1. The number of anilines is 1. The van der Waals surface area contributed by atoms with Gasteiger partial charge in [0.25, 0.3) is 0 Å². The molecule has 1 atom stereocenters. The third-order valence-electron chi connectivity index (χ3n) is 2.92. The molecule has 2 rings (SSSR count). The molecule has 0 aromatic heterocycles. The van der Waals surface area contributed by atoms with Crippen LogP contribution >= 0.6 is 23.2 Å². The largest absolute Gasteiger partial charge is 0.369 e. The van der Waals surface area contributed by atoms with Crippen LogP contribution in [0.4, 0.5) is 10.1 Å². The highest BCUT2D eigenvalue weighted by molar-refractivity contribution is 6.39. The molecule has 0 saturated carbocycles. The smallest absolute Gasteiger partial charge is 0.126 e. The maximum atomic E-state index is 13.0. The topological polar surface area (TPSA) is 29.3 Å². The van der Waals surface area contributed by atoms with Crippen LogP contribution < -0.4 is 10.6 Å². The van der Waals surface area contributed by atoms with Gasteiger partial charge in [-0.2, -0.15) is 0 Å². The van der Waals surface area contributed by atoms with Crippen LogP contribution in [0.25, 0.3) is 0 Å². The average Bonchev–Trinajstić information content (AvgIpc) is 2.64. The number of hydrogen-bond acceptors (Lipinski definition) is 2. The van der Waals surface area contributed by atoms with E-state index in [1.807, 2.05) is 0 Å². The molecule has 0 spiro atoms. The molecule has 5 heteroatoms. The Kier molecular flexibility index (Phi) is 3.57. The van der Waals surface area contributed by atoms with Crippen LogP contribution in [0.3, 0.4) is 0 Å². The van der Waals surface area contributed by atoms with Crippen molar-refractivity contribution in [3.63, 3.8) is 0 Å². The zero-order valence-electron chi connectivity index (χ0n) is 8.72. The summed E-state index contributed by atoms with van der Waals surface area (Å²) in [4.78, 5) is 2.07. The van der Waals surface area contributed by atoms with Gasteiger partial charge in [0.1, 0.15) is 5.82 Å². The van der Waals surface area contributed by atoms with Gasteiger partial charge in [0.2, 0.25) is 0 Å². The number of halogens is 3. The Morgan fingerprint density at radius 2 is 2.00 bits per heavy atom. The SMILES string of the molecule is NCC1CCN(c2c(Cl)cc(F)cc2Cl)C1. The monoisotopic (exact) mass is 262 g/mol. The van der Waals surface area contributed by atoms with Crippen LogP contribution in [0.1, 0.15) is 6.42 Å². The molecule has 0 amide bonds. The molecule has 2 nitrogen and oxygen atoms in total. The summed E-state index contributed by atoms with van der Waals surface area (Å²) in [5.74, 6) is 0.0607. The number of nitrogens with zero attached hydrogens (tertiary/aromatic N) is 1. The van der Waals surface area contributed by atoms with Crippen molar-refractivity contribution in [2.75, 3.05) is 24.5 Å².